The molecule has 1 aliphatic heterocycles. The quantitative estimate of drug-likeness (QED) is 0.615. The van der Waals surface area contributed by atoms with Gasteiger partial charge in [0.2, 0.25) is 0 Å². The van der Waals surface area contributed by atoms with Crippen molar-refractivity contribution in [2.75, 3.05) is 6.54 Å². The summed E-state index contributed by atoms with van der Waals surface area (Å²) in [5.74, 6) is 0. The largest absolute Gasteiger partial charge is 0.498 e. The topological polar surface area (TPSA) is 77.1 Å². The van der Waals surface area contributed by atoms with Crippen molar-refractivity contribution >= 4 is 12.8 Å². The van der Waals surface area contributed by atoms with Gasteiger partial charge in [-0.3, -0.25) is 4.99 Å². The Morgan fingerprint density at radius 1 is 1.14 bits per heavy atom. The second-order valence-corrected chi connectivity index (χ2v) is 7.40. The number of rotatable bonds is 4. The van der Waals surface area contributed by atoms with Gasteiger partial charge in [-0.05, 0) is 55.4 Å². The van der Waals surface area contributed by atoms with Crippen LogP contribution >= 0.6 is 0 Å². The summed E-state index contributed by atoms with van der Waals surface area (Å²) in [6, 6.07) is 0. The molecule has 1 heterocycles. The van der Waals surface area contributed by atoms with Crippen LogP contribution < -0.4 is 5.73 Å². The zero-order chi connectivity index (χ0) is 16.6. The van der Waals surface area contributed by atoms with Crippen molar-refractivity contribution in [1.82, 2.24) is 0 Å². The zero-order valence-electron chi connectivity index (χ0n) is 14.6. The van der Waals surface area contributed by atoms with E-state index in [1.807, 2.05) is 41.5 Å². The van der Waals surface area contributed by atoms with Crippen molar-refractivity contribution in [1.29, 1.82) is 0 Å². The van der Waals surface area contributed by atoms with Crippen molar-refractivity contribution in [3.05, 3.63) is 11.2 Å². The van der Waals surface area contributed by atoms with Crippen LogP contribution in [0.4, 0.5) is 0 Å². The van der Waals surface area contributed by atoms with Gasteiger partial charge in [-0.15, -0.1) is 0 Å². The highest BCUT2D eigenvalue weighted by Crippen LogP contribution is 2.39. The lowest BCUT2D eigenvalue weighted by Crippen LogP contribution is -2.41. The normalized spacial score (nSPS) is 23.3. The first-order valence-corrected chi connectivity index (χ1v) is 7.32. The second kappa shape index (κ2) is 5.74. The molecule has 1 aliphatic rings. The Kier molecular flexibility index (Phi) is 4.98. The molecule has 1 rings (SSSR count). The van der Waals surface area contributed by atoms with Gasteiger partial charge in [0.1, 0.15) is 0 Å². The first-order valence-electron chi connectivity index (χ1n) is 7.32. The highest BCUT2D eigenvalue weighted by molar-refractivity contribution is 6.62. The minimum absolute atomic E-state index is 0.301. The molecule has 6 heteroatoms. The van der Waals surface area contributed by atoms with Crippen molar-refractivity contribution in [3.63, 3.8) is 0 Å². The molecule has 120 valence electrons. The van der Waals surface area contributed by atoms with Crippen molar-refractivity contribution in [2.24, 2.45) is 10.7 Å². The summed E-state index contributed by atoms with van der Waals surface area (Å²) < 4.78 is 12.1. The minimum atomic E-state index is -0.856. The molecule has 3 N–H and O–H groups in total. The Morgan fingerprint density at radius 3 is 1.90 bits per heavy atom. The molecule has 0 aliphatic carbocycles. The van der Waals surface area contributed by atoms with Crippen LogP contribution in [0.1, 0.15) is 55.4 Å². The van der Waals surface area contributed by atoms with E-state index in [0.29, 0.717) is 12.2 Å². The van der Waals surface area contributed by atoms with Crippen LogP contribution in [0.5, 0.6) is 0 Å². The van der Waals surface area contributed by atoms with E-state index in [2.05, 4.69) is 4.99 Å². The SMILES string of the molecule is CC(=NCC(C)(C)O)C(B1OC(C)(C)C(C)(C)O1)=C(C)N. The molecule has 5 nitrogen and oxygen atoms in total. The summed E-state index contributed by atoms with van der Waals surface area (Å²) in [5.41, 5.74) is 6.41. The molecular formula is C15H29BN2O3. The Morgan fingerprint density at radius 2 is 1.57 bits per heavy atom. The van der Waals surface area contributed by atoms with E-state index in [9.17, 15) is 5.11 Å². The number of nitrogens with two attached hydrogens (primary N) is 1. The highest BCUT2D eigenvalue weighted by atomic mass is 16.7. The molecule has 0 bridgehead atoms. The lowest BCUT2D eigenvalue weighted by molar-refractivity contribution is 0.00578. The first-order chi connectivity index (χ1) is 9.27. The van der Waals surface area contributed by atoms with Crippen LogP contribution in [0.2, 0.25) is 0 Å². The first kappa shape index (κ1) is 18.2. The van der Waals surface area contributed by atoms with Gasteiger partial charge in [0.15, 0.2) is 0 Å². The third kappa shape index (κ3) is 4.31. The summed E-state index contributed by atoms with van der Waals surface area (Å²) in [4.78, 5) is 4.43. The minimum Gasteiger partial charge on any atom is -0.402 e. The average Bonchev–Trinajstić information content (AvgIpc) is 2.43. The summed E-state index contributed by atoms with van der Waals surface area (Å²) in [5, 5.41) is 9.80. The predicted octanol–water partition coefficient (Wildman–Crippen LogP) is 2.08. The van der Waals surface area contributed by atoms with Gasteiger partial charge in [0.05, 0.1) is 23.3 Å². The number of hydrogen-bond acceptors (Lipinski definition) is 5. The molecule has 1 saturated heterocycles. The molecule has 1 fully saturated rings. The summed E-state index contributed by atoms with van der Waals surface area (Å²) >= 11 is 0. The molecule has 0 spiro atoms. The zero-order valence-corrected chi connectivity index (χ0v) is 14.6. The Labute approximate surface area is 128 Å². The number of hydrogen-bond donors (Lipinski definition) is 2. The molecule has 0 saturated carbocycles. The average molecular weight is 296 g/mol. The van der Waals surface area contributed by atoms with Gasteiger partial charge in [-0.1, -0.05) is 0 Å². The van der Waals surface area contributed by atoms with Gasteiger partial charge < -0.3 is 20.1 Å². The number of nitrogens with zero attached hydrogens (tertiary/aromatic N) is 1. The maximum atomic E-state index is 9.80. The molecule has 0 aromatic carbocycles. The number of allylic oxidation sites excluding steroid dienone is 2. The molecule has 0 atom stereocenters. The molecule has 0 radical (unpaired) electrons. The van der Waals surface area contributed by atoms with Gasteiger partial charge in [0.25, 0.3) is 0 Å². The summed E-state index contributed by atoms with van der Waals surface area (Å²) in [6.45, 7) is 15.4. The molecule has 0 amide bonds. The lowest BCUT2D eigenvalue weighted by atomic mass is 9.74. The van der Waals surface area contributed by atoms with E-state index in [0.717, 1.165) is 11.2 Å². The van der Waals surface area contributed by atoms with Crippen molar-refractivity contribution in [3.8, 4) is 0 Å². The maximum Gasteiger partial charge on any atom is 0.498 e. The number of aliphatic hydroxyl groups is 1. The fraction of sp³-hybridized carbons (Fsp3) is 0.800. The molecule has 0 aromatic rings. The fourth-order valence-electron chi connectivity index (χ4n) is 2.00. The number of aliphatic imine (C=N–C) groups is 1. The third-order valence-electron chi connectivity index (χ3n) is 4.01. The van der Waals surface area contributed by atoms with E-state index >= 15 is 0 Å². The molecule has 0 aromatic heterocycles. The highest BCUT2D eigenvalue weighted by Gasteiger charge is 2.53. The molecular weight excluding hydrogens is 267 g/mol. The summed E-state index contributed by atoms with van der Waals surface area (Å²) in [6.07, 6.45) is 0. The van der Waals surface area contributed by atoms with Crippen LogP contribution in [0, 0.1) is 0 Å². The van der Waals surface area contributed by atoms with Crippen LogP contribution in [0.3, 0.4) is 0 Å². The maximum absolute atomic E-state index is 9.80. The third-order valence-corrected chi connectivity index (χ3v) is 4.01. The Hall–Kier alpha value is -0.845. The van der Waals surface area contributed by atoms with Crippen LogP contribution in [-0.2, 0) is 9.31 Å². The fourth-order valence-corrected chi connectivity index (χ4v) is 2.00. The van der Waals surface area contributed by atoms with E-state index < -0.39 is 23.9 Å². The van der Waals surface area contributed by atoms with Crippen molar-refractivity contribution in [2.45, 2.75) is 72.2 Å². The van der Waals surface area contributed by atoms with E-state index in [-0.39, 0.29) is 0 Å². The van der Waals surface area contributed by atoms with E-state index in [1.165, 1.54) is 0 Å². The van der Waals surface area contributed by atoms with Crippen LogP contribution in [0.15, 0.2) is 16.2 Å². The summed E-state index contributed by atoms with van der Waals surface area (Å²) in [7, 11) is -0.537. The Balaban J connectivity index is 3.05. The molecule has 21 heavy (non-hydrogen) atoms. The Bertz CT molecular complexity index is 442. The van der Waals surface area contributed by atoms with Gasteiger partial charge >= 0.3 is 7.12 Å². The predicted molar refractivity (Wildman–Crippen MR) is 87.2 cm³/mol. The second-order valence-electron chi connectivity index (χ2n) is 7.40. The molecule has 0 unspecified atom stereocenters. The van der Waals surface area contributed by atoms with Gasteiger partial charge in [-0.2, -0.15) is 0 Å². The lowest BCUT2D eigenvalue weighted by Gasteiger charge is -2.32. The van der Waals surface area contributed by atoms with Crippen LogP contribution in [0.25, 0.3) is 0 Å². The van der Waals surface area contributed by atoms with Crippen molar-refractivity contribution < 1.29 is 14.4 Å². The van der Waals surface area contributed by atoms with Gasteiger partial charge in [0, 0.05) is 16.9 Å². The van der Waals surface area contributed by atoms with Gasteiger partial charge in [-0.25, -0.2) is 0 Å². The monoisotopic (exact) mass is 296 g/mol. The van der Waals surface area contributed by atoms with E-state index in [4.69, 9.17) is 15.0 Å². The van der Waals surface area contributed by atoms with Crippen LogP contribution in [-0.4, -0.2) is 41.3 Å². The smallest absolute Gasteiger partial charge is 0.402 e. The van der Waals surface area contributed by atoms with E-state index in [1.54, 1.807) is 13.8 Å². The standard InChI is InChI=1S/C15H29BN2O3/c1-10(17)12(11(2)18-9-13(3,4)19)16-20-14(5,6)15(7,8)21-16/h19H,9,17H2,1-8H3.